The first-order chi connectivity index (χ1) is 20.0. The fraction of sp³-hybridized carbons (Fsp3) is 0.312. The number of benzene rings is 2. The van der Waals surface area contributed by atoms with Crippen LogP contribution in [0.15, 0.2) is 66.5 Å². The lowest BCUT2D eigenvalue weighted by Gasteiger charge is -2.25. The van der Waals surface area contributed by atoms with Gasteiger partial charge < -0.3 is 20.1 Å². The molecule has 0 unspecified atom stereocenters. The van der Waals surface area contributed by atoms with Crippen molar-refractivity contribution in [2.75, 3.05) is 7.11 Å². The summed E-state index contributed by atoms with van der Waals surface area (Å²) in [5.74, 6) is -3.49. The number of carbonyl (C=O) groups excluding carboxylic acids is 3. The average molecular weight is 580 g/mol. The summed E-state index contributed by atoms with van der Waals surface area (Å²) in [4.78, 5) is 43.6. The van der Waals surface area contributed by atoms with Gasteiger partial charge in [-0.3, -0.25) is 14.4 Å². The minimum atomic E-state index is -1.01. The summed E-state index contributed by atoms with van der Waals surface area (Å²) in [6.45, 7) is 8.65. The van der Waals surface area contributed by atoms with Crippen LogP contribution in [-0.2, 0) is 9.59 Å². The van der Waals surface area contributed by atoms with Crippen LogP contribution in [0.1, 0.15) is 62.7 Å². The van der Waals surface area contributed by atoms with Crippen molar-refractivity contribution in [1.29, 1.82) is 0 Å². The Kier molecular flexibility index (Phi) is 10.9. The smallest absolute Gasteiger partial charge is 0.313 e. The number of hydrogen-bond acceptors (Lipinski definition) is 6. The molecule has 2 atom stereocenters. The first-order valence-electron chi connectivity index (χ1n) is 13.6. The van der Waals surface area contributed by atoms with E-state index in [0.29, 0.717) is 28.8 Å². The molecular weight excluding hydrogens is 544 g/mol. The molecule has 3 aromatic rings. The van der Waals surface area contributed by atoms with Crippen molar-refractivity contribution in [1.82, 2.24) is 15.6 Å². The quantitative estimate of drug-likeness (QED) is 0.284. The van der Waals surface area contributed by atoms with E-state index in [1.54, 1.807) is 45.0 Å². The van der Waals surface area contributed by atoms with Gasteiger partial charge in [0.25, 0.3) is 5.91 Å². The van der Waals surface area contributed by atoms with E-state index in [4.69, 9.17) is 9.47 Å². The molecule has 0 aliphatic carbocycles. The molecule has 2 amide bonds. The highest BCUT2D eigenvalue weighted by atomic mass is 19.1. The maximum absolute atomic E-state index is 13.7. The lowest BCUT2D eigenvalue weighted by molar-refractivity contribution is -0.137. The van der Waals surface area contributed by atoms with Gasteiger partial charge in [-0.05, 0) is 48.2 Å². The number of hydrogen-bond donors (Lipinski definition) is 2. The van der Waals surface area contributed by atoms with Gasteiger partial charge in [-0.15, -0.1) is 0 Å². The van der Waals surface area contributed by atoms with E-state index in [0.717, 1.165) is 0 Å². The number of rotatable bonds is 11. The van der Waals surface area contributed by atoms with Crippen LogP contribution in [0.3, 0.4) is 0 Å². The molecule has 8 nitrogen and oxygen atoms in total. The van der Waals surface area contributed by atoms with Crippen LogP contribution in [0.5, 0.6) is 11.5 Å². The molecule has 0 radical (unpaired) electrons. The zero-order valence-corrected chi connectivity index (χ0v) is 24.5. The summed E-state index contributed by atoms with van der Waals surface area (Å²) in [7, 11) is 1.37. The second-order valence-corrected chi connectivity index (χ2v) is 10.1. The van der Waals surface area contributed by atoms with E-state index in [1.165, 1.54) is 43.6 Å². The minimum absolute atomic E-state index is 0.135. The highest BCUT2D eigenvalue weighted by molar-refractivity contribution is 6.00. The van der Waals surface area contributed by atoms with Gasteiger partial charge in [0.15, 0.2) is 11.4 Å². The van der Waals surface area contributed by atoms with Crippen LogP contribution in [0.4, 0.5) is 8.78 Å². The molecule has 0 aliphatic rings. The lowest BCUT2D eigenvalue weighted by Crippen LogP contribution is -2.50. The van der Waals surface area contributed by atoms with Gasteiger partial charge in [0.1, 0.15) is 17.7 Å². The van der Waals surface area contributed by atoms with Gasteiger partial charge in [0, 0.05) is 23.5 Å². The summed E-state index contributed by atoms with van der Waals surface area (Å²) in [5, 5.41) is 5.61. The Morgan fingerprint density at radius 2 is 1.45 bits per heavy atom. The van der Waals surface area contributed by atoms with Crippen LogP contribution in [0, 0.1) is 23.5 Å². The van der Waals surface area contributed by atoms with Gasteiger partial charge in [-0.25, -0.2) is 13.8 Å². The zero-order valence-electron chi connectivity index (χ0n) is 24.5. The largest absolute Gasteiger partial charge is 0.493 e. The molecule has 1 aromatic heterocycles. The third-order valence-electron chi connectivity index (χ3n) is 6.71. The first-order valence-corrected chi connectivity index (χ1v) is 13.6. The topological polar surface area (TPSA) is 107 Å². The number of esters is 1. The Morgan fingerprint density at radius 1 is 0.905 bits per heavy atom. The molecule has 10 heteroatoms. The molecule has 0 spiro atoms. The molecule has 1 heterocycles. The monoisotopic (exact) mass is 579 g/mol. The van der Waals surface area contributed by atoms with Crippen LogP contribution >= 0.6 is 0 Å². The Balaban J connectivity index is 1.98. The van der Waals surface area contributed by atoms with Crippen LogP contribution in [0.25, 0.3) is 5.57 Å². The molecule has 3 rings (SSSR count). The number of nitrogens with zero attached hydrogens (tertiary/aromatic N) is 1. The van der Waals surface area contributed by atoms with E-state index >= 15 is 0 Å². The number of carbonyl (C=O) groups is 3. The molecule has 42 heavy (non-hydrogen) atoms. The van der Waals surface area contributed by atoms with Gasteiger partial charge in [0.05, 0.1) is 13.0 Å². The minimum Gasteiger partial charge on any atom is -0.493 e. The Bertz CT molecular complexity index is 1410. The third-order valence-corrected chi connectivity index (χ3v) is 6.71. The van der Waals surface area contributed by atoms with E-state index < -0.39 is 41.4 Å². The van der Waals surface area contributed by atoms with Crippen molar-refractivity contribution in [3.05, 3.63) is 94.9 Å². The number of aromatic nitrogens is 1. The van der Waals surface area contributed by atoms with Crippen molar-refractivity contribution < 1.29 is 32.6 Å². The summed E-state index contributed by atoms with van der Waals surface area (Å²) in [6, 6.07) is 11.9. The highest BCUT2D eigenvalue weighted by Crippen LogP contribution is 2.31. The summed E-state index contributed by atoms with van der Waals surface area (Å²) in [5.41, 5.74) is 1.95. The predicted molar refractivity (Wildman–Crippen MR) is 155 cm³/mol. The summed E-state index contributed by atoms with van der Waals surface area (Å²) in [6.07, 6.45) is 1.88. The second-order valence-electron chi connectivity index (χ2n) is 10.1. The molecule has 0 fully saturated rings. The van der Waals surface area contributed by atoms with Gasteiger partial charge in [0.2, 0.25) is 11.7 Å². The number of methoxy groups -OCH3 is 1. The maximum Gasteiger partial charge on any atom is 0.313 e. The standard InChI is InChI=1S/C32H35F2N3O5/c1-7-19(4)27(37-31(39)28-29(42-32(40)18(2)3)25(41-6)16-17-35-28)30(38)36-20(5)26(21-8-12-23(33)13-9-21)22-10-14-24(34)15-11-22/h8-19,27H,7H2,1-6H3,(H,36,38)(H,37,39)/t19-,27-/m0/s1. The summed E-state index contributed by atoms with van der Waals surface area (Å²) < 4.78 is 38.1. The molecule has 0 saturated heterocycles. The number of pyridine rings is 1. The maximum atomic E-state index is 13.7. The van der Waals surface area contributed by atoms with Crippen LogP contribution in [0.2, 0.25) is 0 Å². The molecule has 222 valence electrons. The number of ether oxygens (including phenoxy) is 2. The van der Waals surface area contributed by atoms with Crippen molar-refractivity contribution in [2.24, 2.45) is 11.8 Å². The van der Waals surface area contributed by atoms with Crippen LogP contribution in [-0.4, -0.2) is 35.9 Å². The van der Waals surface area contributed by atoms with Gasteiger partial charge in [-0.2, -0.15) is 0 Å². The van der Waals surface area contributed by atoms with Crippen molar-refractivity contribution in [3.63, 3.8) is 0 Å². The average Bonchev–Trinajstić information content (AvgIpc) is 2.97. The number of amides is 2. The van der Waals surface area contributed by atoms with E-state index in [9.17, 15) is 23.2 Å². The molecule has 0 aliphatic heterocycles. The Morgan fingerprint density at radius 3 is 1.93 bits per heavy atom. The molecular formula is C32H35F2N3O5. The lowest BCUT2D eigenvalue weighted by atomic mass is 9.95. The third kappa shape index (κ3) is 7.78. The SMILES string of the molecule is CC[C@H](C)[C@H](NC(=O)c1nccc(OC)c1OC(=O)C(C)C)C(=O)NC(C)=C(c1ccc(F)cc1)c1ccc(F)cc1. The predicted octanol–water partition coefficient (Wildman–Crippen LogP) is 5.67. The molecule has 2 aromatic carbocycles. The van der Waals surface area contributed by atoms with Crippen molar-refractivity contribution >= 4 is 23.4 Å². The van der Waals surface area contributed by atoms with Crippen molar-refractivity contribution in [2.45, 2.75) is 47.1 Å². The molecule has 2 N–H and O–H groups in total. The number of nitrogens with one attached hydrogen (secondary N) is 2. The van der Waals surface area contributed by atoms with Gasteiger partial charge in [-0.1, -0.05) is 58.4 Å². The highest BCUT2D eigenvalue weighted by Gasteiger charge is 2.30. The fourth-order valence-electron chi connectivity index (χ4n) is 4.14. The van der Waals surface area contributed by atoms with Gasteiger partial charge >= 0.3 is 5.97 Å². The van der Waals surface area contributed by atoms with Crippen LogP contribution < -0.4 is 20.1 Å². The zero-order chi connectivity index (χ0) is 31.0. The van der Waals surface area contributed by atoms with E-state index in [1.807, 2.05) is 13.8 Å². The van der Waals surface area contributed by atoms with E-state index in [2.05, 4.69) is 15.6 Å². The normalized spacial score (nSPS) is 12.2. The Labute approximate surface area is 244 Å². The Hall–Kier alpha value is -4.60. The molecule has 0 saturated carbocycles. The van der Waals surface area contributed by atoms with Crippen molar-refractivity contribution in [3.8, 4) is 11.5 Å². The number of allylic oxidation sites excluding steroid dienone is 1. The molecule has 0 bridgehead atoms. The van der Waals surface area contributed by atoms with E-state index in [-0.39, 0.29) is 23.1 Å². The second kappa shape index (κ2) is 14.3. The summed E-state index contributed by atoms with van der Waals surface area (Å²) >= 11 is 0. The first kappa shape index (κ1) is 31.9. The fourth-order valence-corrected chi connectivity index (χ4v) is 4.14. The number of halogens is 2.